The van der Waals surface area contributed by atoms with Crippen molar-refractivity contribution in [2.75, 3.05) is 33.4 Å². The molecule has 1 aromatic heterocycles. The molecule has 3 heterocycles. The maximum atomic E-state index is 12.6. The molecule has 2 fully saturated rings. The molecule has 0 radical (unpaired) electrons. The fourth-order valence-corrected chi connectivity index (χ4v) is 4.13. The predicted octanol–water partition coefficient (Wildman–Crippen LogP) is 2.21. The molecule has 5 nitrogen and oxygen atoms in total. The molecule has 1 amide bonds. The summed E-state index contributed by atoms with van der Waals surface area (Å²) in [5.41, 5.74) is 0.853. The molecular formula is C15H22N2O3S. The zero-order valence-corrected chi connectivity index (χ0v) is 13.4. The topological polar surface area (TPSA) is 51.7 Å². The number of rotatable bonds is 3. The van der Waals surface area contributed by atoms with E-state index in [9.17, 15) is 4.79 Å². The quantitative estimate of drug-likeness (QED) is 0.859. The average molecular weight is 310 g/mol. The minimum absolute atomic E-state index is 0.104. The summed E-state index contributed by atoms with van der Waals surface area (Å²) in [6, 6.07) is 0. The van der Waals surface area contributed by atoms with Crippen molar-refractivity contribution in [2.45, 2.75) is 38.2 Å². The Morgan fingerprint density at radius 1 is 1.48 bits per heavy atom. The van der Waals surface area contributed by atoms with Crippen molar-refractivity contribution in [1.29, 1.82) is 0 Å². The minimum atomic E-state index is 0.104. The SMILES string of the molecule is CO[C@@H]1CCN(C(=O)c2sc(C3CCCOC3)nc2C)C1. The zero-order valence-electron chi connectivity index (χ0n) is 12.6. The lowest BCUT2D eigenvalue weighted by atomic mass is 10.0. The highest BCUT2D eigenvalue weighted by atomic mass is 32.1. The monoisotopic (exact) mass is 310 g/mol. The zero-order chi connectivity index (χ0) is 14.8. The maximum Gasteiger partial charge on any atom is 0.265 e. The number of thiazole rings is 1. The van der Waals surface area contributed by atoms with Gasteiger partial charge in [0.05, 0.1) is 23.4 Å². The summed E-state index contributed by atoms with van der Waals surface area (Å²) >= 11 is 1.55. The third-order valence-electron chi connectivity index (χ3n) is 4.28. The number of carbonyl (C=O) groups excluding carboxylic acids is 1. The van der Waals surface area contributed by atoms with Crippen molar-refractivity contribution in [1.82, 2.24) is 9.88 Å². The van der Waals surface area contributed by atoms with E-state index in [0.717, 1.165) is 54.6 Å². The van der Waals surface area contributed by atoms with Crippen LogP contribution in [-0.2, 0) is 9.47 Å². The van der Waals surface area contributed by atoms with Gasteiger partial charge in [0.25, 0.3) is 5.91 Å². The Balaban J connectivity index is 1.73. The molecule has 0 saturated carbocycles. The van der Waals surface area contributed by atoms with E-state index in [1.165, 1.54) is 0 Å². The number of carbonyl (C=O) groups is 1. The fourth-order valence-electron chi connectivity index (χ4n) is 2.97. The van der Waals surface area contributed by atoms with E-state index in [1.807, 2.05) is 11.8 Å². The number of aromatic nitrogens is 1. The maximum absolute atomic E-state index is 12.6. The summed E-state index contributed by atoms with van der Waals surface area (Å²) in [5.74, 6) is 0.460. The van der Waals surface area contributed by atoms with Crippen molar-refractivity contribution < 1.29 is 14.3 Å². The number of hydrogen-bond acceptors (Lipinski definition) is 5. The van der Waals surface area contributed by atoms with Gasteiger partial charge in [-0.05, 0) is 26.2 Å². The largest absolute Gasteiger partial charge is 0.381 e. The van der Waals surface area contributed by atoms with Crippen LogP contribution in [0.3, 0.4) is 0 Å². The van der Waals surface area contributed by atoms with E-state index in [1.54, 1.807) is 18.4 Å². The van der Waals surface area contributed by atoms with E-state index >= 15 is 0 Å². The van der Waals surface area contributed by atoms with Gasteiger partial charge >= 0.3 is 0 Å². The van der Waals surface area contributed by atoms with Crippen molar-refractivity contribution in [3.05, 3.63) is 15.6 Å². The highest BCUT2D eigenvalue weighted by Crippen LogP contribution is 2.31. The van der Waals surface area contributed by atoms with Gasteiger partial charge in [-0.2, -0.15) is 0 Å². The van der Waals surface area contributed by atoms with Crippen molar-refractivity contribution >= 4 is 17.2 Å². The van der Waals surface area contributed by atoms with Crippen LogP contribution >= 0.6 is 11.3 Å². The highest BCUT2D eigenvalue weighted by molar-refractivity contribution is 7.13. The number of hydrogen-bond donors (Lipinski definition) is 0. The van der Waals surface area contributed by atoms with Crippen molar-refractivity contribution in [3.63, 3.8) is 0 Å². The molecule has 6 heteroatoms. The second-order valence-electron chi connectivity index (χ2n) is 5.78. The van der Waals surface area contributed by atoms with Crippen molar-refractivity contribution in [3.8, 4) is 0 Å². The van der Waals surface area contributed by atoms with Crippen LogP contribution in [0.15, 0.2) is 0 Å². The molecule has 2 aliphatic heterocycles. The molecule has 0 spiro atoms. The summed E-state index contributed by atoms with van der Waals surface area (Å²) < 4.78 is 10.9. The Morgan fingerprint density at radius 3 is 3.00 bits per heavy atom. The van der Waals surface area contributed by atoms with Crippen LogP contribution in [0.4, 0.5) is 0 Å². The first kappa shape index (κ1) is 14.9. The lowest BCUT2D eigenvalue weighted by Crippen LogP contribution is -2.29. The van der Waals surface area contributed by atoms with Crippen LogP contribution in [-0.4, -0.2) is 55.3 Å². The molecule has 2 aliphatic rings. The van der Waals surface area contributed by atoms with Crippen molar-refractivity contribution in [2.24, 2.45) is 0 Å². The molecule has 0 N–H and O–H groups in total. The Kier molecular flexibility index (Phi) is 4.57. The molecule has 0 aromatic carbocycles. The molecule has 3 rings (SSSR count). The number of ether oxygens (including phenoxy) is 2. The van der Waals surface area contributed by atoms with E-state index in [0.29, 0.717) is 12.5 Å². The normalized spacial score (nSPS) is 26.3. The van der Waals surface area contributed by atoms with Gasteiger partial charge in [0.15, 0.2) is 0 Å². The Morgan fingerprint density at radius 2 is 2.33 bits per heavy atom. The Hall–Kier alpha value is -0.980. The summed E-state index contributed by atoms with van der Waals surface area (Å²) in [4.78, 5) is 19.9. The van der Waals surface area contributed by atoms with E-state index in [-0.39, 0.29) is 12.0 Å². The van der Waals surface area contributed by atoms with Crippen LogP contribution in [0.2, 0.25) is 0 Å². The molecule has 2 saturated heterocycles. The van der Waals surface area contributed by atoms with Gasteiger partial charge in [0.1, 0.15) is 4.88 Å². The predicted molar refractivity (Wildman–Crippen MR) is 81.0 cm³/mol. The molecule has 21 heavy (non-hydrogen) atoms. The lowest BCUT2D eigenvalue weighted by molar-refractivity contribution is 0.0727. The number of nitrogens with zero attached hydrogens (tertiary/aromatic N) is 2. The molecular weight excluding hydrogens is 288 g/mol. The van der Waals surface area contributed by atoms with Crippen LogP contribution < -0.4 is 0 Å². The number of methoxy groups -OCH3 is 1. The lowest BCUT2D eigenvalue weighted by Gasteiger charge is -2.19. The summed E-state index contributed by atoms with van der Waals surface area (Å²) in [6.07, 6.45) is 3.28. The second-order valence-corrected chi connectivity index (χ2v) is 6.81. The van der Waals surface area contributed by atoms with Crippen LogP contribution in [0, 0.1) is 6.92 Å². The number of likely N-dealkylation sites (tertiary alicyclic amines) is 1. The highest BCUT2D eigenvalue weighted by Gasteiger charge is 2.30. The minimum Gasteiger partial charge on any atom is -0.381 e. The molecule has 0 aliphatic carbocycles. The van der Waals surface area contributed by atoms with Crippen LogP contribution in [0.5, 0.6) is 0 Å². The van der Waals surface area contributed by atoms with E-state index < -0.39 is 0 Å². The first-order chi connectivity index (χ1) is 10.2. The van der Waals surface area contributed by atoms with Gasteiger partial charge in [-0.1, -0.05) is 0 Å². The molecule has 1 aromatic rings. The average Bonchev–Trinajstić information content (AvgIpc) is 3.14. The summed E-state index contributed by atoms with van der Waals surface area (Å²) in [6.45, 7) is 4.97. The van der Waals surface area contributed by atoms with Crippen LogP contribution in [0.25, 0.3) is 0 Å². The molecule has 1 unspecified atom stereocenters. The van der Waals surface area contributed by atoms with Crippen LogP contribution in [0.1, 0.15) is 45.6 Å². The Labute approximate surface area is 129 Å². The first-order valence-electron chi connectivity index (χ1n) is 7.56. The standard InChI is InChI=1S/C15H22N2O3S/c1-10-13(15(18)17-6-5-12(8-17)19-2)21-14(16-10)11-4-3-7-20-9-11/h11-12H,3-9H2,1-2H3/t11?,12-/m1/s1. The van der Waals surface area contributed by atoms with Gasteiger partial charge < -0.3 is 14.4 Å². The second kappa shape index (κ2) is 6.42. The molecule has 0 bridgehead atoms. The third-order valence-corrected chi connectivity index (χ3v) is 5.59. The van der Waals surface area contributed by atoms with Gasteiger partial charge in [-0.3, -0.25) is 4.79 Å². The molecule has 116 valence electrons. The summed E-state index contributed by atoms with van der Waals surface area (Å²) in [7, 11) is 1.71. The smallest absolute Gasteiger partial charge is 0.265 e. The number of amides is 1. The van der Waals surface area contributed by atoms with Gasteiger partial charge in [0, 0.05) is 32.7 Å². The van der Waals surface area contributed by atoms with Gasteiger partial charge in [-0.15, -0.1) is 11.3 Å². The third kappa shape index (κ3) is 3.12. The summed E-state index contributed by atoms with van der Waals surface area (Å²) in [5, 5.41) is 1.05. The van der Waals surface area contributed by atoms with Gasteiger partial charge in [0.2, 0.25) is 0 Å². The Bertz CT molecular complexity index is 511. The molecule has 2 atom stereocenters. The first-order valence-corrected chi connectivity index (χ1v) is 8.38. The van der Waals surface area contributed by atoms with Gasteiger partial charge in [-0.25, -0.2) is 4.98 Å². The number of aryl methyl sites for hydroxylation is 1. The van der Waals surface area contributed by atoms with E-state index in [2.05, 4.69) is 4.98 Å². The fraction of sp³-hybridized carbons (Fsp3) is 0.733. The van der Waals surface area contributed by atoms with E-state index in [4.69, 9.17) is 9.47 Å².